The highest BCUT2D eigenvalue weighted by molar-refractivity contribution is 8.76. The standard InChI is InChI=1S/C11H20N2O5S3/c1-10(2,19-3)8(16)11(13,9(17)18)5-21-20-4-6(12)7(14)15/h6H,4-5,12-13H2,1-3H3,(H,14,15)(H,17,18)/t6-,11+/m0/s1. The van der Waals surface area contributed by atoms with Gasteiger partial charge in [0.15, 0.2) is 11.3 Å². The lowest BCUT2D eigenvalue weighted by atomic mass is 9.89. The summed E-state index contributed by atoms with van der Waals surface area (Å²) >= 11 is 1.22. The summed E-state index contributed by atoms with van der Waals surface area (Å²) in [6.45, 7) is 3.23. The van der Waals surface area contributed by atoms with Crippen LogP contribution < -0.4 is 11.5 Å². The molecule has 0 saturated heterocycles. The largest absolute Gasteiger partial charge is 0.480 e. The Hall–Kier alpha value is -0.420. The predicted octanol–water partition coefficient (Wildman–Crippen LogP) is 0.273. The summed E-state index contributed by atoms with van der Waals surface area (Å²) < 4.78 is -0.921. The third-order valence-corrected chi connectivity index (χ3v) is 6.48. The Morgan fingerprint density at radius 1 is 1.19 bits per heavy atom. The van der Waals surface area contributed by atoms with Crippen LogP contribution in [0.5, 0.6) is 0 Å². The van der Waals surface area contributed by atoms with Crippen LogP contribution in [-0.4, -0.2) is 62.0 Å². The van der Waals surface area contributed by atoms with Crippen molar-refractivity contribution in [1.82, 2.24) is 0 Å². The summed E-state index contributed by atoms with van der Waals surface area (Å²) in [4.78, 5) is 34.2. The molecule has 0 rings (SSSR count). The topological polar surface area (TPSA) is 144 Å². The number of carbonyl (C=O) groups excluding carboxylic acids is 1. The fraction of sp³-hybridized carbons (Fsp3) is 0.727. The average Bonchev–Trinajstić information content (AvgIpc) is 2.41. The van der Waals surface area contributed by atoms with Crippen molar-refractivity contribution in [3.05, 3.63) is 0 Å². The van der Waals surface area contributed by atoms with Crippen LogP contribution in [0.2, 0.25) is 0 Å². The van der Waals surface area contributed by atoms with Crippen molar-refractivity contribution in [1.29, 1.82) is 0 Å². The zero-order valence-electron chi connectivity index (χ0n) is 12.0. The zero-order chi connectivity index (χ0) is 16.8. The van der Waals surface area contributed by atoms with Gasteiger partial charge < -0.3 is 21.7 Å². The van der Waals surface area contributed by atoms with Crippen LogP contribution in [0.3, 0.4) is 0 Å². The van der Waals surface area contributed by atoms with E-state index in [4.69, 9.17) is 16.6 Å². The SMILES string of the molecule is CSC(C)(C)C(=O)[C@](N)(CSSC[C@H](N)C(=O)O)C(=O)O. The Labute approximate surface area is 135 Å². The first-order chi connectivity index (χ1) is 9.49. The Morgan fingerprint density at radius 2 is 1.71 bits per heavy atom. The maximum Gasteiger partial charge on any atom is 0.332 e. The lowest BCUT2D eigenvalue weighted by Crippen LogP contribution is -2.62. The molecule has 0 aliphatic carbocycles. The first-order valence-corrected chi connectivity index (χ1v) is 9.55. The molecule has 6 N–H and O–H groups in total. The maximum atomic E-state index is 12.3. The van der Waals surface area contributed by atoms with Crippen LogP contribution in [0, 0.1) is 0 Å². The van der Waals surface area contributed by atoms with E-state index in [-0.39, 0.29) is 11.5 Å². The molecule has 0 unspecified atom stereocenters. The number of hydrogen-bond donors (Lipinski definition) is 4. The lowest BCUT2D eigenvalue weighted by molar-refractivity contribution is -0.147. The van der Waals surface area contributed by atoms with Crippen LogP contribution in [-0.2, 0) is 14.4 Å². The Balaban J connectivity index is 4.74. The van der Waals surface area contributed by atoms with Crippen molar-refractivity contribution in [2.24, 2.45) is 11.5 Å². The average molecular weight is 356 g/mol. The molecule has 0 saturated carbocycles. The maximum absolute atomic E-state index is 12.3. The molecule has 0 aromatic carbocycles. The number of aliphatic carboxylic acids is 2. The summed E-state index contributed by atoms with van der Waals surface area (Å²) in [6.07, 6.45) is 1.70. The van der Waals surface area contributed by atoms with E-state index in [1.165, 1.54) is 11.8 Å². The van der Waals surface area contributed by atoms with Crippen molar-refractivity contribution in [3.8, 4) is 0 Å². The molecule has 0 amide bonds. The Kier molecular flexibility index (Phi) is 8.11. The predicted molar refractivity (Wildman–Crippen MR) is 87.7 cm³/mol. The van der Waals surface area contributed by atoms with Gasteiger partial charge in [0, 0.05) is 11.5 Å². The summed E-state index contributed by atoms with van der Waals surface area (Å²) in [5, 5.41) is 17.9. The summed E-state index contributed by atoms with van der Waals surface area (Å²) in [5.74, 6) is -3.19. The van der Waals surface area contributed by atoms with Gasteiger partial charge in [-0.2, -0.15) is 11.8 Å². The summed E-state index contributed by atoms with van der Waals surface area (Å²) in [5.41, 5.74) is 9.09. The van der Waals surface area contributed by atoms with Crippen LogP contribution in [0.25, 0.3) is 0 Å². The van der Waals surface area contributed by atoms with Gasteiger partial charge in [0.25, 0.3) is 0 Å². The molecular formula is C11H20N2O5S3. The fourth-order valence-corrected chi connectivity index (χ4v) is 3.99. The smallest absolute Gasteiger partial charge is 0.332 e. The summed E-state index contributed by atoms with van der Waals surface area (Å²) in [6, 6.07) is -1.04. The number of ketones is 1. The van der Waals surface area contributed by atoms with Gasteiger partial charge >= 0.3 is 11.9 Å². The third-order valence-electron chi connectivity index (χ3n) is 2.78. The van der Waals surface area contributed by atoms with Gasteiger partial charge in [-0.15, -0.1) is 0 Å². The minimum atomic E-state index is -2.02. The van der Waals surface area contributed by atoms with E-state index < -0.39 is 34.0 Å². The second-order valence-electron chi connectivity index (χ2n) is 4.81. The molecule has 0 radical (unpaired) electrons. The van der Waals surface area contributed by atoms with Crippen LogP contribution in [0.4, 0.5) is 0 Å². The molecule has 0 bridgehead atoms. The van der Waals surface area contributed by atoms with Crippen molar-refractivity contribution >= 4 is 51.1 Å². The van der Waals surface area contributed by atoms with Gasteiger partial charge in [-0.25, -0.2) is 4.79 Å². The van der Waals surface area contributed by atoms with E-state index in [9.17, 15) is 19.5 Å². The normalized spacial score (nSPS) is 16.0. The fourth-order valence-electron chi connectivity index (χ4n) is 1.18. The number of nitrogens with two attached hydrogens (primary N) is 2. The highest BCUT2D eigenvalue weighted by Crippen LogP contribution is 2.32. The van der Waals surface area contributed by atoms with Gasteiger partial charge in [0.05, 0.1) is 4.75 Å². The molecule has 122 valence electrons. The van der Waals surface area contributed by atoms with E-state index in [1.807, 2.05) is 0 Å². The molecule has 21 heavy (non-hydrogen) atoms. The molecule has 10 heteroatoms. The second kappa shape index (κ2) is 8.28. The number of thioether (sulfide) groups is 1. The van der Waals surface area contributed by atoms with Crippen molar-refractivity contribution in [2.75, 3.05) is 17.8 Å². The molecule has 0 aliphatic heterocycles. The van der Waals surface area contributed by atoms with Crippen LogP contribution in [0.15, 0.2) is 0 Å². The molecular weight excluding hydrogens is 336 g/mol. The van der Waals surface area contributed by atoms with Gasteiger partial charge in [-0.05, 0) is 20.1 Å². The van der Waals surface area contributed by atoms with Crippen LogP contribution in [0.1, 0.15) is 13.8 Å². The first-order valence-electron chi connectivity index (χ1n) is 5.84. The van der Waals surface area contributed by atoms with E-state index in [0.717, 1.165) is 21.6 Å². The van der Waals surface area contributed by atoms with E-state index >= 15 is 0 Å². The molecule has 0 aliphatic rings. The number of carbonyl (C=O) groups is 3. The van der Waals surface area contributed by atoms with Crippen LogP contribution >= 0.6 is 33.3 Å². The minimum absolute atomic E-state index is 0.0931. The van der Waals surface area contributed by atoms with E-state index in [1.54, 1.807) is 20.1 Å². The van der Waals surface area contributed by atoms with Crippen molar-refractivity contribution < 1.29 is 24.6 Å². The Bertz CT molecular complexity index is 419. The van der Waals surface area contributed by atoms with Gasteiger partial charge in [-0.3, -0.25) is 9.59 Å². The zero-order valence-corrected chi connectivity index (χ0v) is 14.4. The molecule has 0 fully saturated rings. The number of rotatable bonds is 10. The second-order valence-corrected chi connectivity index (χ2v) is 8.75. The molecule has 7 nitrogen and oxygen atoms in total. The van der Waals surface area contributed by atoms with Gasteiger partial charge in [-0.1, -0.05) is 21.6 Å². The van der Waals surface area contributed by atoms with Gasteiger partial charge in [0.1, 0.15) is 6.04 Å². The minimum Gasteiger partial charge on any atom is -0.480 e. The highest BCUT2D eigenvalue weighted by Gasteiger charge is 2.48. The monoisotopic (exact) mass is 356 g/mol. The first kappa shape index (κ1) is 20.6. The number of hydrogen-bond acceptors (Lipinski definition) is 8. The van der Waals surface area contributed by atoms with Crippen molar-refractivity contribution in [2.45, 2.75) is 30.2 Å². The number of carboxylic acids is 2. The molecule has 0 aromatic rings. The van der Waals surface area contributed by atoms with Crippen molar-refractivity contribution in [3.63, 3.8) is 0 Å². The number of Topliss-reactive ketones (excluding diaryl/α,β-unsaturated/α-hetero) is 1. The summed E-state index contributed by atoms with van der Waals surface area (Å²) in [7, 11) is 2.10. The van der Waals surface area contributed by atoms with E-state index in [0.29, 0.717) is 0 Å². The molecule has 0 spiro atoms. The molecule has 0 aromatic heterocycles. The quantitative estimate of drug-likeness (QED) is 0.244. The highest BCUT2D eigenvalue weighted by atomic mass is 33.1. The van der Waals surface area contributed by atoms with E-state index in [2.05, 4.69) is 0 Å². The third kappa shape index (κ3) is 5.70. The number of carboxylic acid groups (broad SMARTS) is 2. The molecule has 0 heterocycles. The molecule has 2 atom stereocenters. The van der Waals surface area contributed by atoms with Gasteiger partial charge in [0.2, 0.25) is 0 Å². The Morgan fingerprint density at radius 3 is 2.10 bits per heavy atom. The lowest BCUT2D eigenvalue weighted by Gasteiger charge is -2.31.